The van der Waals surface area contributed by atoms with Gasteiger partial charge in [-0.25, -0.2) is 0 Å². The van der Waals surface area contributed by atoms with Crippen molar-refractivity contribution >= 4 is 11.6 Å². The maximum Gasteiger partial charge on any atom is 0.238 e. The maximum absolute atomic E-state index is 12.2. The number of nitrogens with zero attached hydrogens (tertiary/aromatic N) is 1. The van der Waals surface area contributed by atoms with Crippen LogP contribution in [0, 0.1) is 19.8 Å². The van der Waals surface area contributed by atoms with Gasteiger partial charge in [0.15, 0.2) is 0 Å². The molecule has 3 N–H and O–H groups in total. The van der Waals surface area contributed by atoms with E-state index in [9.17, 15) is 4.79 Å². The Labute approximate surface area is 121 Å². The van der Waals surface area contributed by atoms with Crippen molar-refractivity contribution in [3.8, 4) is 0 Å². The van der Waals surface area contributed by atoms with E-state index in [4.69, 9.17) is 5.73 Å². The number of anilines is 1. The van der Waals surface area contributed by atoms with E-state index in [1.54, 1.807) is 0 Å². The first-order valence-corrected chi connectivity index (χ1v) is 7.30. The summed E-state index contributed by atoms with van der Waals surface area (Å²) >= 11 is 0. The molecule has 1 heterocycles. The third kappa shape index (κ3) is 3.58. The summed E-state index contributed by atoms with van der Waals surface area (Å²) in [5.74, 6) is 0.585. The summed E-state index contributed by atoms with van der Waals surface area (Å²) in [6, 6.07) is 6.55. The summed E-state index contributed by atoms with van der Waals surface area (Å²) in [5, 5.41) is 3.02. The first kappa shape index (κ1) is 15.0. The molecule has 0 saturated carbocycles. The summed E-state index contributed by atoms with van der Waals surface area (Å²) < 4.78 is 0. The van der Waals surface area contributed by atoms with E-state index in [1.807, 2.05) is 26.0 Å². The van der Waals surface area contributed by atoms with E-state index in [0.717, 1.165) is 29.8 Å². The molecule has 0 spiro atoms. The number of amides is 1. The van der Waals surface area contributed by atoms with Crippen molar-refractivity contribution in [2.75, 3.05) is 25.0 Å². The number of hydrogen-bond acceptors (Lipinski definition) is 3. The van der Waals surface area contributed by atoms with Crippen molar-refractivity contribution < 1.29 is 4.79 Å². The zero-order valence-corrected chi connectivity index (χ0v) is 12.6. The normalized spacial score (nSPS) is 23.0. The molecule has 1 amide bonds. The Kier molecular flexibility index (Phi) is 4.78. The highest BCUT2D eigenvalue weighted by molar-refractivity contribution is 5.93. The standard InChI is InChI=1S/C16H25N3O/c1-11-4-5-12(2)15(6-11)18-16(20)10-19-9-14(8-17)7-13(19)3/h4-6,13-14H,7-10,17H2,1-3H3,(H,18,20). The van der Waals surface area contributed by atoms with Gasteiger partial charge < -0.3 is 11.1 Å². The van der Waals surface area contributed by atoms with Gasteiger partial charge in [-0.3, -0.25) is 9.69 Å². The zero-order chi connectivity index (χ0) is 14.7. The number of hydrogen-bond donors (Lipinski definition) is 2. The number of carbonyl (C=O) groups excluding carboxylic acids is 1. The lowest BCUT2D eigenvalue weighted by Crippen LogP contribution is -2.36. The molecular formula is C16H25N3O. The molecule has 0 aromatic heterocycles. The Morgan fingerprint density at radius 1 is 1.45 bits per heavy atom. The number of likely N-dealkylation sites (tertiary alicyclic amines) is 1. The minimum absolute atomic E-state index is 0.0585. The summed E-state index contributed by atoms with van der Waals surface area (Å²) in [6.07, 6.45) is 1.09. The Hall–Kier alpha value is -1.39. The molecule has 0 bridgehead atoms. The Bertz CT molecular complexity index is 487. The molecule has 1 aromatic carbocycles. The van der Waals surface area contributed by atoms with E-state index >= 15 is 0 Å². The lowest BCUT2D eigenvalue weighted by atomic mass is 10.1. The number of rotatable bonds is 4. The van der Waals surface area contributed by atoms with Crippen molar-refractivity contribution in [2.24, 2.45) is 11.7 Å². The fourth-order valence-electron chi connectivity index (χ4n) is 2.85. The fraction of sp³-hybridized carbons (Fsp3) is 0.562. The molecule has 1 aromatic rings. The van der Waals surface area contributed by atoms with Gasteiger partial charge in [0.05, 0.1) is 6.54 Å². The summed E-state index contributed by atoms with van der Waals surface area (Å²) in [7, 11) is 0. The van der Waals surface area contributed by atoms with Gasteiger partial charge in [-0.05, 0) is 56.8 Å². The van der Waals surface area contributed by atoms with E-state index < -0.39 is 0 Å². The molecule has 0 aliphatic carbocycles. The number of benzene rings is 1. The minimum atomic E-state index is 0.0585. The second-order valence-corrected chi connectivity index (χ2v) is 5.98. The number of carbonyl (C=O) groups is 1. The maximum atomic E-state index is 12.2. The number of aryl methyl sites for hydroxylation is 2. The number of nitrogens with one attached hydrogen (secondary N) is 1. The first-order valence-electron chi connectivity index (χ1n) is 7.30. The van der Waals surface area contributed by atoms with Crippen LogP contribution < -0.4 is 11.1 Å². The van der Waals surface area contributed by atoms with Crippen LogP contribution in [0.15, 0.2) is 18.2 Å². The van der Waals surface area contributed by atoms with Gasteiger partial charge >= 0.3 is 0 Å². The zero-order valence-electron chi connectivity index (χ0n) is 12.6. The predicted molar refractivity (Wildman–Crippen MR) is 82.7 cm³/mol. The van der Waals surface area contributed by atoms with Gasteiger partial charge in [0.1, 0.15) is 0 Å². The molecule has 2 atom stereocenters. The van der Waals surface area contributed by atoms with Crippen molar-refractivity contribution in [3.63, 3.8) is 0 Å². The van der Waals surface area contributed by atoms with Crippen molar-refractivity contribution in [3.05, 3.63) is 29.3 Å². The third-order valence-electron chi connectivity index (χ3n) is 4.14. The van der Waals surface area contributed by atoms with Crippen LogP contribution in [0.4, 0.5) is 5.69 Å². The Morgan fingerprint density at radius 2 is 2.20 bits per heavy atom. The molecule has 110 valence electrons. The molecule has 4 heteroatoms. The quantitative estimate of drug-likeness (QED) is 0.882. The smallest absolute Gasteiger partial charge is 0.238 e. The van der Waals surface area contributed by atoms with Crippen LogP contribution in [-0.4, -0.2) is 36.5 Å². The highest BCUT2D eigenvalue weighted by Gasteiger charge is 2.29. The molecule has 20 heavy (non-hydrogen) atoms. The van der Waals surface area contributed by atoms with Crippen LogP contribution in [-0.2, 0) is 4.79 Å². The molecule has 4 nitrogen and oxygen atoms in total. The second kappa shape index (κ2) is 6.37. The van der Waals surface area contributed by atoms with Crippen LogP contribution >= 0.6 is 0 Å². The largest absolute Gasteiger partial charge is 0.330 e. The van der Waals surface area contributed by atoms with Crippen LogP contribution in [0.5, 0.6) is 0 Å². The van der Waals surface area contributed by atoms with Crippen LogP contribution in [0.3, 0.4) is 0 Å². The molecule has 1 fully saturated rings. The first-order chi connectivity index (χ1) is 9.49. The van der Waals surface area contributed by atoms with Gasteiger partial charge in [-0.2, -0.15) is 0 Å². The molecule has 2 unspecified atom stereocenters. The lowest BCUT2D eigenvalue weighted by molar-refractivity contribution is -0.117. The van der Waals surface area contributed by atoms with E-state index in [-0.39, 0.29) is 5.91 Å². The third-order valence-corrected chi connectivity index (χ3v) is 4.14. The SMILES string of the molecule is Cc1ccc(C)c(NC(=O)CN2CC(CN)CC2C)c1. The highest BCUT2D eigenvalue weighted by atomic mass is 16.2. The van der Waals surface area contributed by atoms with Crippen molar-refractivity contribution in [1.29, 1.82) is 0 Å². The summed E-state index contributed by atoms with van der Waals surface area (Å²) in [6.45, 7) is 8.30. The molecule has 1 aliphatic heterocycles. The lowest BCUT2D eigenvalue weighted by Gasteiger charge is -2.20. The van der Waals surface area contributed by atoms with Gasteiger partial charge in [-0.1, -0.05) is 12.1 Å². The van der Waals surface area contributed by atoms with Gasteiger partial charge in [0.2, 0.25) is 5.91 Å². The second-order valence-electron chi connectivity index (χ2n) is 5.98. The highest BCUT2D eigenvalue weighted by Crippen LogP contribution is 2.22. The Balaban J connectivity index is 1.94. The van der Waals surface area contributed by atoms with Crippen molar-refractivity contribution in [2.45, 2.75) is 33.2 Å². The monoisotopic (exact) mass is 275 g/mol. The van der Waals surface area contributed by atoms with E-state index in [1.165, 1.54) is 0 Å². The molecule has 0 radical (unpaired) electrons. The van der Waals surface area contributed by atoms with E-state index in [2.05, 4.69) is 23.2 Å². The number of nitrogens with two attached hydrogens (primary N) is 1. The van der Waals surface area contributed by atoms with Crippen LogP contribution in [0.1, 0.15) is 24.5 Å². The van der Waals surface area contributed by atoms with Gasteiger partial charge in [0, 0.05) is 18.3 Å². The average Bonchev–Trinajstić information content (AvgIpc) is 2.74. The topological polar surface area (TPSA) is 58.4 Å². The molecule has 1 saturated heterocycles. The molecular weight excluding hydrogens is 250 g/mol. The molecule has 1 aliphatic rings. The average molecular weight is 275 g/mol. The fourth-order valence-corrected chi connectivity index (χ4v) is 2.85. The minimum Gasteiger partial charge on any atom is -0.330 e. The predicted octanol–water partition coefficient (Wildman–Crippen LogP) is 1.91. The van der Waals surface area contributed by atoms with Crippen molar-refractivity contribution in [1.82, 2.24) is 4.90 Å². The molecule has 2 rings (SSSR count). The van der Waals surface area contributed by atoms with E-state index in [0.29, 0.717) is 25.0 Å². The van der Waals surface area contributed by atoms with Crippen LogP contribution in [0.25, 0.3) is 0 Å². The van der Waals surface area contributed by atoms with Gasteiger partial charge in [-0.15, -0.1) is 0 Å². The van der Waals surface area contributed by atoms with Crippen LogP contribution in [0.2, 0.25) is 0 Å². The summed E-state index contributed by atoms with van der Waals surface area (Å²) in [4.78, 5) is 14.4. The van der Waals surface area contributed by atoms with Gasteiger partial charge in [0.25, 0.3) is 0 Å². The Morgan fingerprint density at radius 3 is 2.85 bits per heavy atom. The summed E-state index contributed by atoms with van der Waals surface area (Å²) in [5.41, 5.74) is 8.89.